The molecule has 0 aliphatic heterocycles. The quantitative estimate of drug-likeness (QED) is 0.921. The topological polar surface area (TPSA) is 37.3 Å². The van der Waals surface area contributed by atoms with Crippen LogP contribution in [0.15, 0.2) is 48.5 Å². The van der Waals surface area contributed by atoms with Gasteiger partial charge in [-0.2, -0.15) is 0 Å². The number of hydrogen-bond donors (Lipinski definition) is 1. The fraction of sp³-hybridized carbons (Fsp3) is 0.316. The molecule has 108 valence electrons. The van der Waals surface area contributed by atoms with Crippen molar-refractivity contribution in [2.45, 2.75) is 38.0 Å². The van der Waals surface area contributed by atoms with Crippen molar-refractivity contribution < 1.29 is 9.90 Å². The zero-order chi connectivity index (χ0) is 14.9. The lowest BCUT2D eigenvalue weighted by Gasteiger charge is -2.41. The van der Waals surface area contributed by atoms with E-state index in [-0.39, 0.29) is 5.41 Å². The maximum Gasteiger partial charge on any atom is 0.134 e. The Morgan fingerprint density at radius 2 is 1.81 bits per heavy atom. The molecule has 2 nitrogen and oxygen atoms in total. The third-order valence-corrected chi connectivity index (χ3v) is 4.53. The first-order valence-corrected chi connectivity index (χ1v) is 7.45. The van der Waals surface area contributed by atoms with E-state index < -0.39 is 0 Å². The zero-order valence-electron chi connectivity index (χ0n) is 12.3. The van der Waals surface area contributed by atoms with Crippen molar-refractivity contribution >= 4 is 5.78 Å². The Morgan fingerprint density at radius 1 is 1.10 bits per heavy atom. The number of phenols is 1. The molecule has 21 heavy (non-hydrogen) atoms. The van der Waals surface area contributed by atoms with Gasteiger partial charge >= 0.3 is 0 Å². The Kier molecular flexibility index (Phi) is 3.54. The van der Waals surface area contributed by atoms with Gasteiger partial charge in [0.05, 0.1) is 0 Å². The van der Waals surface area contributed by atoms with Gasteiger partial charge in [-0.15, -0.1) is 0 Å². The maximum absolute atomic E-state index is 11.6. The summed E-state index contributed by atoms with van der Waals surface area (Å²) in [5.74, 6) is 0.616. The number of carbonyl (C=O) groups is 1. The molecule has 0 spiro atoms. The van der Waals surface area contributed by atoms with Gasteiger partial charge in [0.2, 0.25) is 0 Å². The van der Waals surface area contributed by atoms with E-state index in [4.69, 9.17) is 0 Å². The molecule has 0 radical (unpaired) electrons. The van der Waals surface area contributed by atoms with Gasteiger partial charge < -0.3 is 5.11 Å². The fourth-order valence-electron chi connectivity index (χ4n) is 3.31. The van der Waals surface area contributed by atoms with Crippen LogP contribution in [0.1, 0.15) is 36.0 Å². The van der Waals surface area contributed by atoms with Crippen molar-refractivity contribution in [2.75, 3.05) is 0 Å². The standard InChI is InChI=1S/C19H20O2/c1-14-7-8-18(21)17(11-14)19(12-16(20)13-19)10-9-15-5-3-2-4-6-15/h2-8,11,21H,9-10,12-13H2,1H3. The molecule has 1 fully saturated rings. The molecule has 3 rings (SSSR count). The van der Waals surface area contributed by atoms with E-state index in [9.17, 15) is 9.90 Å². The van der Waals surface area contributed by atoms with Crippen LogP contribution in [0.3, 0.4) is 0 Å². The third kappa shape index (κ3) is 2.71. The minimum Gasteiger partial charge on any atom is -0.508 e. The zero-order valence-corrected chi connectivity index (χ0v) is 12.3. The van der Waals surface area contributed by atoms with E-state index in [0.717, 1.165) is 24.0 Å². The van der Waals surface area contributed by atoms with Gasteiger partial charge in [0, 0.05) is 23.8 Å². The molecule has 2 heteroatoms. The molecular weight excluding hydrogens is 260 g/mol. The maximum atomic E-state index is 11.6. The third-order valence-electron chi connectivity index (χ3n) is 4.53. The predicted molar refractivity (Wildman–Crippen MR) is 83.5 cm³/mol. The van der Waals surface area contributed by atoms with Gasteiger partial charge in [-0.05, 0) is 31.4 Å². The largest absolute Gasteiger partial charge is 0.508 e. The van der Waals surface area contributed by atoms with Gasteiger partial charge in [-0.3, -0.25) is 4.79 Å². The molecule has 1 N–H and O–H groups in total. The van der Waals surface area contributed by atoms with Crippen LogP contribution in [0.2, 0.25) is 0 Å². The number of aromatic hydroxyl groups is 1. The van der Waals surface area contributed by atoms with E-state index >= 15 is 0 Å². The lowest BCUT2D eigenvalue weighted by atomic mass is 9.60. The average Bonchev–Trinajstić information content (AvgIpc) is 2.46. The summed E-state index contributed by atoms with van der Waals surface area (Å²) < 4.78 is 0. The predicted octanol–water partition coefficient (Wildman–Crippen LogP) is 3.93. The van der Waals surface area contributed by atoms with Gasteiger partial charge in [-0.1, -0.05) is 48.0 Å². The summed E-state index contributed by atoms with van der Waals surface area (Å²) in [5, 5.41) is 10.2. The summed E-state index contributed by atoms with van der Waals surface area (Å²) >= 11 is 0. The number of rotatable bonds is 4. The van der Waals surface area contributed by atoms with Crippen LogP contribution in [0.25, 0.3) is 0 Å². The Hall–Kier alpha value is -2.09. The van der Waals surface area contributed by atoms with Crippen LogP contribution in [0.4, 0.5) is 0 Å². The molecule has 0 amide bonds. The van der Waals surface area contributed by atoms with Crippen molar-refractivity contribution in [3.63, 3.8) is 0 Å². The van der Waals surface area contributed by atoms with E-state index in [2.05, 4.69) is 12.1 Å². The van der Waals surface area contributed by atoms with Gasteiger partial charge in [0.25, 0.3) is 0 Å². The van der Waals surface area contributed by atoms with Crippen LogP contribution >= 0.6 is 0 Å². The van der Waals surface area contributed by atoms with Crippen LogP contribution in [-0.4, -0.2) is 10.9 Å². The van der Waals surface area contributed by atoms with Gasteiger partial charge in [-0.25, -0.2) is 0 Å². The molecule has 0 unspecified atom stereocenters. The molecule has 0 saturated heterocycles. The smallest absolute Gasteiger partial charge is 0.134 e. The summed E-state index contributed by atoms with van der Waals surface area (Å²) in [6, 6.07) is 16.0. The molecule has 0 aromatic heterocycles. The van der Waals surface area contributed by atoms with E-state index in [1.54, 1.807) is 6.07 Å². The molecule has 0 heterocycles. The molecule has 0 bridgehead atoms. The van der Waals surface area contributed by atoms with Crippen molar-refractivity contribution in [1.82, 2.24) is 0 Å². The highest BCUT2D eigenvalue weighted by molar-refractivity contribution is 5.89. The number of phenolic OH excluding ortho intramolecular Hbond substituents is 1. The first-order chi connectivity index (χ1) is 10.1. The van der Waals surface area contributed by atoms with E-state index in [1.165, 1.54) is 5.56 Å². The van der Waals surface area contributed by atoms with Crippen LogP contribution in [0, 0.1) is 6.92 Å². The monoisotopic (exact) mass is 280 g/mol. The SMILES string of the molecule is Cc1ccc(O)c(C2(CCc3ccccc3)CC(=O)C2)c1. The molecule has 1 saturated carbocycles. The lowest BCUT2D eigenvalue weighted by molar-refractivity contribution is -0.128. The van der Waals surface area contributed by atoms with Gasteiger partial charge in [0.15, 0.2) is 0 Å². The number of Topliss-reactive ketones (excluding diaryl/α,β-unsaturated/α-hetero) is 1. The minimum atomic E-state index is -0.178. The van der Waals surface area contributed by atoms with Crippen molar-refractivity contribution in [2.24, 2.45) is 0 Å². The van der Waals surface area contributed by atoms with Crippen molar-refractivity contribution in [3.8, 4) is 5.75 Å². The summed E-state index contributed by atoms with van der Waals surface area (Å²) in [6.07, 6.45) is 2.94. The molecule has 1 aliphatic carbocycles. The van der Waals surface area contributed by atoms with E-state index in [1.807, 2.05) is 37.3 Å². The summed E-state index contributed by atoms with van der Waals surface area (Å²) in [5.41, 5.74) is 3.17. The second kappa shape index (κ2) is 5.36. The first kappa shape index (κ1) is 13.9. The number of benzene rings is 2. The summed E-state index contributed by atoms with van der Waals surface area (Å²) in [4.78, 5) is 11.6. The van der Waals surface area contributed by atoms with Gasteiger partial charge in [0.1, 0.15) is 11.5 Å². The Morgan fingerprint density at radius 3 is 2.48 bits per heavy atom. The molecule has 0 atom stereocenters. The molecule has 2 aromatic rings. The lowest BCUT2D eigenvalue weighted by Crippen LogP contribution is -2.42. The highest BCUT2D eigenvalue weighted by atomic mass is 16.3. The highest BCUT2D eigenvalue weighted by Gasteiger charge is 2.45. The average molecular weight is 280 g/mol. The number of carbonyl (C=O) groups excluding carboxylic acids is 1. The van der Waals surface area contributed by atoms with E-state index in [0.29, 0.717) is 24.4 Å². The second-order valence-electron chi connectivity index (χ2n) is 6.18. The Bertz CT molecular complexity index is 651. The molecule has 1 aliphatic rings. The fourth-order valence-corrected chi connectivity index (χ4v) is 3.31. The van der Waals surface area contributed by atoms with Crippen LogP contribution in [0.5, 0.6) is 5.75 Å². The minimum absolute atomic E-state index is 0.178. The molecular formula is C19H20O2. The first-order valence-electron chi connectivity index (χ1n) is 7.45. The Labute approximate surface area is 125 Å². The normalized spacial score (nSPS) is 16.5. The highest BCUT2D eigenvalue weighted by Crippen LogP contribution is 2.48. The number of aryl methyl sites for hydroxylation is 2. The number of ketones is 1. The van der Waals surface area contributed by atoms with Crippen molar-refractivity contribution in [3.05, 3.63) is 65.2 Å². The van der Waals surface area contributed by atoms with Crippen LogP contribution < -0.4 is 0 Å². The summed E-state index contributed by atoms with van der Waals surface area (Å²) in [7, 11) is 0. The summed E-state index contributed by atoms with van der Waals surface area (Å²) in [6.45, 7) is 2.02. The number of hydrogen-bond acceptors (Lipinski definition) is 2. The van der Waals surface area contributed by atoms with Crippen LogP contribution in [-0.2, 0) is 16.6 Å². The second-order valence-corrected chi connectivity index (χ2v) is 6.18. The van der Waals surface area contributed by atoms with Crippen molar-refractivity contribution in [1.29, 1.82) is 0 Å². The Balaban J connectivity index is 1.86. The molecule has 2 aromatic carbocycles.